The highest BCUT2D eigenvalue weighted by atomic mass is 16.5. The van der Waals surface area contributed by atoms with Gasteiger partial charge in [-0.05, 0) is 37.6 Å². The van der Waals surface area contributed by atoms with Gasteiger partial charge in [0.05, 0.1) is 13.2 Å². The summed E-state index contributed by atoms with van der Waals surface area (Å²) in [6, 6.07) is 1.08. The summed E-state index contributed by atoms with van der Waals surface area (Å²) in [7, 11) is 1.68. The molecule has 0 unspecified atom stereocenters. The maximum Gasteiger partial charge on any atom is 0.290 e. The van der Waals surface area contributed by atoms with Crippen molar-refractivity contribution in [2.75, 3.05) is 39.9 Å². The molecule has 174 valence electrons. The van der Waals surface area contributed by atoms with Crippen molar-refractivity contribution < 1.29 is 24.0 Å². The fraction of sp³-hybridized carbons (Fsp3) is 0.810. The van der Waals surface area contributed by atoms with E-state index in [0.717, 1.165) is 25.5 Å². The van der Waals surface area contributed by atoms with E-state index in [2.05, 4.69) is 25.3 Å². The van der Waals surface area contributed by atoms with E-state index in [-0.39, 0.29) is 12.4 Å². The molecule has 3 aliphatic rings. The maximum absolute atomic E-state index is 11.5. The van der Waals surface area contributed by atoms with Crippen molar-refractivity contribution in [1.29, 1.82) is 0 Å². The second-order valence-corrected chi connectivity index (χ2v) is 8.71. The highest BCUT2D eigenvalue weighted by Gasteiger charge is 2.47. The van der Waals surface area contributed by atoms with Crippen LogP contribution in [0.2, 0.25) is 0 Å². The minimum atomic E-state index is -0.250. The number of likely N-dealkylation sites (tertiary alicyclic amines) is 1. The molecule has 3 saturated heterocycles. The van der Waals surface area contributed by atoms with Crippen LogP contribution in [0.4, 0.5) is 0 Å². The Morgan fingerprint density at radius 3 is 2.87 bits per heavy atom. The van der Waals surface area contributed by atoms with Gasteiger partial charge in [-0.1, -0.05) is 11.6 Å². The highest BCUT2D eigenvalue weighted by Crippen LogP contribution is 2.41. The van der Waals surface area contributed by atoms with Crippen LogP contribution in [0.1, 0.15) is 44.3 Å². The van der Waals surface area contributed by atoms with Crippen molar-refractivity contribution >= 4 is 12.4 Å². The number of carbonyl (C=O) groups excluding carboxylic acids is 1. The lowest BCUT2D eigenvalue weighted by Gasteiger charge is -2.56. The average molecular weight is 438 g/mol. The first-order chi connectivity index (χ1) is 15.0. The van der Waals surface area contributed by atoms with Gasteiger partial charge in [0.1, 0.15) is 0 Å². The number of rotatable bonds is 7. The highest BCUT2D eigenvalue weighted by molar-refractivity contribution is 5.72. The summed E-state index contributed by atoms with van der Waals surface area (Å²) in [4.78, 5) is 29.6. The van der Waals surface area contributed by atoms with E-state index in [9.17, 15) is 4.79 Å². The molecule has 3 fully saturated rings. The van der Waals surface area contributed by atoms with E-state index in [1.807, 2.05) is 0 Å². The molecule has 31 heavy (non-hydrogen) atoms. The van der Waals surface area contributed by atoms with Gasteiger partial charge in [0.15, 0.2) is 5.82 Å². The van der Waals surface area contributed by atoms with Gasteiger partial charge < -0.3 is 19.7 Å². The van der Waals surface area contributed by atoms with E-state index in [0.29, 0.717) is 49.4 Å². The largest absolute Gasteiger partial charge is 0.483 e. The van der Waals surface area contributed by atoms with Crippen molar-refractivity contribution in [3.63, 3.8) is 0 Å². The monoisotopic (exact) mass is 437 g/mol. The van der Waals surface area contributed by atoms with Crippen LogP contribution in [0.15, 0.2) is 4.52 Å². The summed E-state index contributed by atoms with van der Waals surface area (Å²) in [5, 5.41) is 14.0. The van der Waals surface area contributed by atoms with Crippen molar-refractivity contribution in [2.24, 2.45) is 11.8 Å². The SMILES string of the molecule is COCCc1noc(CN2C[C@H]3C[C@@H](C2)[C@H](CNC(C)=O)N2CCCC[C@@H]32)n1.O=CO. The molecule has 3 aliphatic heterocycles. The smallest absolute Gasteiger partial charge is 0.290 e. The molecular formula is C21H35N5O5. The van der Waals surface area contributed by atoms with E-state index >= 15 is 0 Å². The third kappa shape index (κ3) is 6.24. The number of hydrogen-bond acceptors (Lipinski definition) is 8. The van der Waals surface area contributed by atoms with Crippen LogP contribution in [0.5, 0.6) is 0 Å². The van der Waals surface area contributed by atoms with Crippen LogP contribution in [0, 0.1) is 11.8 Å². The third-order valence-corrected chi connectivity index (χ3v) is 6.66. The lowest BCUT2D eigenvalue weighted by molar-refractivity contribution is -0.123. The first kappa shape index (κ1) is 23.6. The Morgan fingerprint density at radius 1 is 1.35 bits per heavy atom. The van der Waals surface area contributed by atoms with Gasteiger partial charge in [0.2, 0.25) is 11.8 Å². The molecule has 1 amide bonds. The lowest BCUT2D eigenvalue weighted by Crippen LogP contribution is -2.65. The van der Waals surface area contributed by atoms with Gasteiger partial charge >= 0.3 is 0 Å². The number of carbonyl (C=O) groups is 2. The quantitative estimate of drug-likeness (QED) is 0.596. The number of amides is 1. The fourth-order valence-electron chi connectivity index (χ4n) is 5.50. The summed E-state index contributed by atoms with van der Waals surface area (Å²) in [6.07, 6.45) is 5.83. The molecule has 10 heteroatoms. The predicted octanol–water partition coefficient (Wildman–Crippen LogP) is 0.770. The van der Waals surface area contributed by atoms with Gasteiger partial charge in [-0.15, -0.1) is 0 Å². The fourth-order valence-corrected chi connectivity index (χ4v) is 5.50. The standard InChI is InChI=1S/C20H33N5O3.CH2O2/c1-14(26)21-10-18-16-9-15(17-5-3-4-7-25(17)18)11-24(12-16)13-20-22-19(23-28-20)6-8-27-2;2-1-3/h15-18H,3-13H2,1-2H3,(H,21,26);1H,(H,2,3)/t15-,16+,17+,18+;/m1./s1. The van der Waals surface area contributed by atoms with E-state index in [1.54, 1.807) is 14.0 Å². The normalized spacial score (nSPS) is 28.2. The molecular weight excluding hydrogens is 402 g/mol. The molecule has 1 aromatic heterocycles. The first-order valence-electron chi connectivity index (χ1n) is 11.2. The molecule has 4 heterocycles. The Bertz CT molecular complexity index is 714. The van der Waals surface area contributed by atoms with E-state index < -0.39 is 0 Å². The average Bonchev–Trinajstić information content (AvgIpc) is 3.19. The first-order valence-corrected chi connectivity index (χ1v) is 11.2. The Labute approximate surface area is 183 Å². The number of ether oxygens (including phenoxy) is 1. The Morgan fingerprint density at radius 2 is 2.13 bits per heavy atom. The topological polar surface area (TPSA) is 121 Å². The van der Waals surface area contributed by atoms with E-state index in [1.165, 1.54) is 32.2 Å². The third-order valence-electron chi connectivity index (χ3n) is 6.66. The number of methoxy groups -OCH3 is 1. The van der Waals surface area contributed by atoms with Crippen molar-refractivity contribution in [1.82, 2.24) is 25.3 Å². The molecule has 2 bridgehead atoms. The zero-order valence-corrected chi connectivity index (χ0v) is 18.5. The second kappa shape index (κ2) is 11.5. The number of nitrogens with zero attached hydrogens (tertiary/aromatic N) is 4. The number of fused-ring (bicyclic) bond motifs is 4. The molecule has 0 aliphatic carbocycles. The van der Waals surface area contributed by atoms with Gasteiger partial charge in [-0.3, -0.25) is 19.4 Å². The molecule has 1 aromatic rings. The van der Waals surface area contributed by atoms with Gasteiger partial charge in [-0.25, -0.2) is 0 Å². The van der Waals surface area contributed by atoms with Crippen LogP contribution < -0.4 is 5.32 Å². The zero-order valence-electron chi connectivity index (χ0n) is 18.5. The van der Waals surface area contributed by atoms with Crippen LogP contribution in [-0.2, 0) is 27.3 Å². The van der Waals surface area contributed by atoms with Crippen molar-refractivity contribution in [2.45, 2.75) is 57.7 Å². The minimum absolute atomic E-state index is 0.0674. The van der Waals surface area contributed by atoms with Crippen molar-refractivity contribution in [3.05, 3.63) is 11.7 Å². The van der Waals surface area contributed by atoms with Gasteiger partial charge in [-0.2, -0.15) is 4.98 Å². The van der Waals surface area contributed by atoms with Gasteiger partial charge in [0, 0.05) is 52.2 Å². The number of aromatic nitrogens is 2. The molecule has 0 radical (unpaired) electrons. The Kier molecular flexibility index (Phi) is 8.79. The lowest BCUT2D eigenvalue weighted by atomic mass is 9.72. The summed E-state index contributed by atoms with van der Waals surface area (Å²) in [5.41, 5.74) is 0. The molecule has 4 rings (SSSR count). The molecule has 4 atom stereocenters. The molecule has 10 nitrogen and oxygen atoms in total. The number of hydrogen-bond donors (Lipinski definition) is 2. The summed E-state index contributed by atoms with van der Waals surface area (Å²) in [6.45, 7) is 6.75. The van der Waals surface area contributed by atoms with E-state index in [4.69, 9.17) is 19.2 Å². The summed E-state index contributed by atoms with van der Waals surface area (Å²) >= 11 is 0. The van der Waals surface area contributed by atoms with Crippen LogP contribution in [0.25, 0.3) is 0 Å². The van der Waals surface area contributed by atoms with Crippen LogP contribution in [-0.4, -0.2) is 89.4 Å². The summed E-state index contributed by atoms with van der Waals surface area (Å²) in [5.74, 6) is 2.76. The molecule has 0 aromatic carbocycles. The zero-order chi connectivity index (χ0) is 22.2. The minimum Gasteiger partial charge on any atom is -0.483 e. The Balaban J connectivity index is 0.000000858. The predicted molar refractivity (Wildman–Crippen MR) is 112 cm³/mol. The van der Waals surface area contributed by atoms with Crippen LogP contribution in [0.3, 0.4) is 0 Å². The maximum atomic E-state index is 11.5. The molecule has 2 N–H and O–H groups in total. The molecule has 0 spiro atoms. The number of carboxylic acid groups (broad SMARTS) is 1. The van der Waals surface area contributed by atoms with Gasteiger partial charge in [0.25, 0.3) is 6.47 Å². The Hall–Kier alpha value is -2.04. The van der Waals surface area contributed by atoms with Crippen molar-refractivity contribution in [3.8, 4) is 0 Å². The number of nitrogens with one attached hydrogen (secondary N) is 1. The molecule has 0 saturated carbocycles. The second-order valence-electron chi connectivity index (χ2n) is 8.71. The number of piperidine rings is 3. The van der Waals surface area contributed by atoms with Crippen LogP contribution >= 0.6 is 0 Å². The summed E-state index contributed by atoms with van der Waals surface area (Å²) < 4.78 is 10.6.